The van der Waals surface area contributed by atoms with Crippen molar-refractivity contribution in [1.82, 2.24) is 14.7 Å². The lowest BCUT2D eigenvalue weighted by Gasteiger charge is -2.36. The molecule has 0 aliphatic carbocycles. The smallest absolute Gasteiger partial charge is 0.389 e. The Morgan fingerprint density at radius 2 is 2.29 bits per heavy atom. The highest BCUT2D eigenvalue weighted by atomic mass is 16.6. The van der Waals surface area contributed by atoms with Gasteiger partial charge >= 0.3 is 11.8 Å². The van der Waals surface area contributed by atoms with Crippen LogP contribution >= 0.6 is 0 Å². The summed E-state index contributed by atoms with van der Waals surface area (Å²) >= 11 is 0. The molecule has 2 rings (SSSR count). The van der Waals surface area contributed by atoms with Crippen LogP contribution in [0.3, 0.4) is 0 Å². The number of carbonyl (C=O) groups excluding carboxylic acids is 1. The van der Waals surface area contributed by atoms with Gasteiger partial charge in [-0.3, -0.25) is 9.59 Å². The van der Waals surface area contributed by atoms with Crippen molar-refractivity contribution in [3.05, 3.63) is 22.4 Å². The number of rotatable bonds is 4. The SMILES string of the molecule is CC1CC(C(=O)O)CCN1C(=O)Cn1ccc([N+](=O)[O-])n1. The van der Waals surface area contributed by atoms with E-state index in [1.165, 1.54) is 16.9 Å². The van der Waals surface area contributed by atoms with Crippen LogP contribution < -0.4 is 0 Å². The lowest BCUT2D eigenvalue weighted by atomic mass is 9.92. The van der Waals surface area contributed by atoms with E-state index in [4.69, 9.17) is 5.11 Å². The van der Waals surface area contributed by atoms with E-state index in [0.29, 0.717) is 19.4 Å². The second-order valence-corrected chi connectivity index (χ2v) is 5.12. The molecule has 1 N–H and O–H groups in total. The third-order valence-electron chi connectivity index (χ3n) is 3.66. The van der Waals surface area contributed by atoms with Crippen LogP contribution in [0.25, 0.3) is 0 Å². The van der Waals surface area contributed by atoms with Crippen LogP contribution in [0.1, 0.15) is 19.8 Å². The highest BCUT2D eigenvalue weighted by Crippen LogP contribution is 2.23. The van der Waals surface area contributed by atoms with E-state index in [1.807, 2.05) is 0 Å². The average Bonchev–Trinajstić information content (AvgIpc) is 2.87. The Balaban J connectivity index is 1.97. The van der Waals surface area contributed by atoms with Gasteiger partial charge in [0.1, 0.15) is 6.54 Å². The van der Waals surface area contributed by atoms with Crippen molar-refractivity contribution in [1.29, 1.82) is 0 Å². The van der Waals surface area contributed by atoms with Crippen molar-refractivity contribution in [2.75, 3.05) is 6.54 Å². The Bertz CT molecular complexity index is 570. The first-order chi connectivity index (χ1) is 9.88. The maximum atomic E-state index is 12.2. The van der Waals surface area contributed by atoms with Crippen LogP contribution in [0.5, 0.6) is 0 Å². The topological polar surface area (TPSA) is 119 Å². The molecule has 21 heavy (non-hydrogen) atoms. The number of carboxylic acid groups (broad SMARTS) is 1. The number of piperidine rings is 1. The fourth-order valence-corrected chi connectivity index (χ4v) is 2.53. The molecule has 0 aromatic carbocycles. The number of nitro groups is 1. The van der Waals surface area contributed by atoms with E-state index < -0.39 is 16.8 Å². The summed E-state index contributed by atoms with van der Waals surface area (Å²) < 4.78 is 1.22. The number of aromatic nitrogens is 2. The number of likely N-dealkylation sites (tertiary alicyclic amines) is 1. The third kappa shape index (κ3) is 3.36. The maximum absolute atomic E-state index is 12.2. The molecule has 1 aliphatic rings. The summed E-state index contributed by atoms with van der Waals surface area (Å²) in [4.78, 5) is 34.6. The fourth-order valence-electron chi connectivity index (χ4n) is 2.53. The van der Waals surface area contributed by atoms with E-state index in [1.54, 1.807) is 11.8 Å². The summed E-state index contributed by atoms with van der Waals surface area (Å²) in [6.07, 6.45) is 2.22. The quantitative estimate of drug-likeness (QED) is 0.638. The molecule has 2 unspecified atom stereocenters. The molecule has 1 fully saturated rings. The molecule has 0 radical (unpaired) electrons. The summed E-state index contributed by atoms with van der Waals surface area (Å²) in [5.74, 6) is -1.78. The third-order valence-corrected chi connectivity index (χ3v) is 3.66. The molecule has 1 amide bonds. The van der Waals surface area contributed by atoms with Gasteiger partial charge in [-0.05, 0) is 24.7 Å². The molecule has 9 heteroatoms. The van der Waals surface area contributed by atoms with Crippen molar-refractivity contribution in [2.24, 2.45) is 5.92 Å². The number of amides is 1. The van der Waals surface area contributed by atoms with Gasteiger partial charge < -0.3 is 20.1 Å². The molecule has 1 saturated heterocycles. The van der Waals surface area contributed by atoms with Gasteiger partial charge in [0, 0.05) is 12.6 Å². The fraction of sp³-hybridized carbons (Fsp3) is 0.583. The molecule has 0 saturated carbocycles. The van der Waals surface area contributed by atoms with Crippen LogP contribution in [-0.4, -0.2) is 49.2 Å². The zero-order valence-electron chi connectivity index (χ0n) is 11.5. The van der Waals surface area contributed by atoms with E-state index in [0.717, 1.165) is 0 Å². The summed E-state index contributed by atoms with van der Waals surface area (Å²) in [7, 11) is 0. The lowest BCUT2D eigenvalue weighted by molar-refractivity contribution is -0.389. The minimum Gasteiger partial charge on any atom is -0.481 e. The van der Waals surface area contributed by atoms with E-state index in [-0.39, 0.29) is 24.3 Å². The van der Waals surface area contributed by atoms with Crippen LogP contribution in [0, 0.1) is 16.0 Å². The normalized spacial score (nSPS) is 22.0. The summed E-state index contributed by atoms with van der Waals surface area (Å²) in [5, 5.41) is 23.2. The first kappa shape index (κ1) is 14.9. The van der Waals surface area contributed by atoms with Gasteiger partial charge in [-0.1, -0.05) is 0 Å². The molecule has 0 spiro atoms. The minimum atomic E-state index is -0.836. The van der Waals surface area contributed by atoms with E-state index in [9.17, 15) is 19.7 Å². The zero-order chi connectivity index (χ0) is 15.6. The van der Waals surface area contributed by atoms with Gasteiger partial charge in [0.25, 0.3) is 0 Å². The molecule has 1 aliphatic heterocycles. The molecule has 1 aromatic rings. The molecular formula is C12H16N4O5. The zero-order valence-corrected chi connectivity index (χ0v) is 11.5. The van der Waals surface area contributed by atoms with Crippen molar-refractivity contribution < 1.29 is 19.6 Å². The Morgan fingerprint density at radius 3 is 2.81 bits per heavy atom. The van der Waals surface area contributed by atoms with Gasteiger partial charge in [0.15, 0.2) is 0 Å². The van der Waals surface area contributed by atoms with Crippen LogP contribution in [0.15, 0.2) is 12.3 Å². The second kappa shape index (κ2) is 5.90. The van der Waals surface area contributed by atoms with Crippen LogP contribution in [-0.2, 0) is 16.1 Å². The highest BCUT2D eigenvalue weighted by molar-refractivity contribution is 5.77. The van der Waals surface area contributed by atoms with Crippen molar-refractivity contribution >= 4 is 17.7 Å². The molecular weight excluding hydrogens is 280 g/mol. The van der Waals surface area contributed by atoms with Crippen molar-refractivity contribution in [2.45, 2.75) is 32.4 Å². The predicted molar refractivity (Wildman–Crippen MR) is 70.4 cm³/mol. The van der Waals surface area contributed by atoms with Gasteiger partial charge in [-0.25, -0.2) is 0 Å². The second-order valence-electron chi connectivity index (χ2n) is 5.12. The monoisotopic (exact) mass is 296 g/mol. The molecule has 9 nitrogen and oxygen atoms in total. The number of aliphatic carboxylic acids is 1. The number of carboxylic acids is 1. The van der Waals surface area contributed by atoms with Crippen LogP contribution in [0.2, 0.25) is 0 Å². The molecule has 114 valence electrons. The standard InChI is InChI=1S/C12H16N4O5/c1-8-6-9(12(18)19)2-5-15(8)11(17)7-14-4-3-10(13-14)16(20)21/h3-4,8-9H,2,5-7H2,1H3,(H,18,19). The van der Waals surface area contributed by atoms with Crippen molar-refractivity contribution in [3.8, 4) is 0 Å². The maximum Gasteiger partial charge on any atom is 0.389 e. The summed E-state index contributed by atoms with van der Waals surface area (Å²) in [6, 6.07) is 1.06. The predicted octanol–water partition coefficient (Wildman–Crippen LogP) is 0.503. The van der Waals surface area contributed by atoms with Gasteiger partial charge in [-0.2, -0.15) is 4.68 Å². The molecule has 2 heterocycles. The van der Waals surface area contributed by atoms with Gasteiger partial charge in [0.05, 0.1) is 23.3 Å². The number of hydrogen-bond donors (Lipinski definition) is 1. The number of carbonyl (C=O) groups is 2. The molecule has 1 aromatic heterocycles. The number of hydrogen-bond acceptors (Lipinski definition) is 5. The Morgan fingerprint density at radius 1 is 1.57 bits per heavy atom. The van der Waals surface area contributed by atoms with Gasteiger partial charge in [0.2, 0.25) is 5.91 Å². The van der Waals surface area contributed by atoms with Crippen LogP contribution in [0.4, 0.5) is 5.82 Å². The summed E-state index contributed by atoms with van der Waals surface area (Å²) in [6.45, 7) is 2.09. The molecule has 0 bridgehead atoms. The Hall–Kier alpha value is -2.45. The van der Waals surface area contributed by atoms with Crippen molar-refractivity contribution in [3.63, 3.8) is 0 Å². The first-order valence-electron chi connectivity index (χ1n) is 6.58. The van der Waals surface area contributed by atoms with E-state index >= 15 is 0 Å². The molecule has 2 atom stereocenters. The van der Waals surface area contributed by atoms with E-state index in [2.05, 4.69) is 5.10 Å². The Kier molecular flexibility index (Phi) is 4.20. The highest BCUT2D eigenvalue weighted by Gasteiger charge is 2.32. The average molecular weight is 296 g/mol. The largest absolute Gasteiger partial charge is 0.481 e. The summed E-state index contributed by atoms with van der Waals surface area (Å²) in [5.41, 5.74) is 0. The minimum absolute atomic E-state index is 0.0874. The lowest BCUT2D eigenvalue weighted by Crippen LogP contribution is -2.47. The Labute approximate surface area is 120 Å². The van der Waals surface area contributed by atoms with Gasteiger partial charge in [-0.15, -0.1) is 0 Å². The first-order valence-corrected chi connectivity index (χ1v) is 6.58. The number of nitrogens with zero attached hydrogens (tertiary/aromatic N) is 4.